The number of anilines is 1. The largest absolute Gasteiger partial charge is 0.494 e. The summed E-state index contributed by atoms with van der Waals surface area (Å²) in [6.45, 7) is 2.55. The van der Waals surface area contributed by atoms with Crippen LogP contribution in [-0.2, 0) is 14.8 Å². The first-order valence-electron chi connectivity index (χ1n) is 9.43. The maximum absolute atomic E-state index is 12.3. The maximum Gasteiger partial charge on any atom is 0.242 e. The van der Waals surface area contributed by atoms with Crippen LogP contribution in [0.2, 0.25) is 0 Å². The third-order valence-corrected chi connectivity index (χ3v) is 7.78. The third kappa shape index (κ3) is 6.07. The molecule has 3 aromatic rings. The smallest absolute Gasteiger partial charge is 0.242 e. The van der Waals surface area contributed by atoms with Crippen molar-refractivity contribution in [1.82, 2.24) is 9.29 Å². The molecule has 0 atom stereocenters. The number of thiazole rings is 1. The van der Waals surface area contributed by atoms with E-state index in [0.717, 1.165) is 16.2 Å². The van der Waals surface area contributed by atoms with Crippen molar-refractivity contribution in [2.45, 2.75) is 16.7 Å². The third-order valence-electron chi connectivity index (χ3n) is 4.18. The summed E-state index contributed by atoms with van der Waals surface area (Å²) < 4.78 is 30.9. The van der Waals surface area contributed by atoms with E-state index in [1.165, 1.54) is 41.5 Å². The summed E-state index contributed by atoms with van der Waals surface area (Å²) >= 11 is 2.75. The first-order chi connectivity index (χ1) is 14.8. The minimum Gasteiger partial charge on any atom is -0.494 e. The average Bonchev–Trinajstić information content (AvgIpc) is 3.22. The highest BCUT2D eigenvalue weighted by molar-refractivity contribution is 8.00. The predicted octanol–water partition coefficient (Wildman–Crippen LogP) is 4.19. The van der Waals surface area contributed by atoms with Crippen LogP contribution in [0.5, 0.6) is 5.75 Å². The molecule has 164 valence electrons. The highest BCUT2D eigenvalue weighted by Gasteiger charge is 2.17. The number of rotatable bonds is 9. The number of thioether (sulfide) groups is 1. The molecule has 1 N–H and O–H groups in total. The Labute approximate surface area is 190 Å². The Balaban J connectivity index is 1.57. The van der Waals surface area contributed by atoms with Gasteiger partial charge in [0.25, 0.3) is 0 Å². The number of hydrogen-bond donors (Lipinski definition) is 1. The number of carbonyl (C=O) groups is 1. The highest BCUT2D eigenvalue weighted by atomic mass is 32.2. The fourth-order valence-corrected chi connectivity index (χ4v) is 4.91. The van der Waals surface area contributed by atoms with Gasteiger partial charge in [-0.3, -0.25) is 4.79 Å². The number of sulfonamides is 1. The fraction of sp³-hybridized carbons (Fsp3) is 0.238. The monoisotopic (exact) mass is 477 g/mol. The van der Waals surface area contributed by atoms with Crippen molar-refractivity contribution in [3.05, 3.63) is 53.9 Å². The lowest BCUT2D eigenvalue weighted by Crippen LogP contribution is -2.22. The molecule has 10 heteroatoms. The van der Waals surface area contributed by atoms with Crippen molar-refractivity contribution in [2.75, 3.05) is 31.8 Å². The first-order valence-corrected chi connectivity index (χ1v) is 12.7. The van der Waals surface area contributed by atoms with E-state index in [-0.39, 0.29) is 16.6 Å². The van der Waals surface area contributed by atoms with Gasteiger partial charge in [0.05, 0.1) is 22.9 Å². The van der Waals surface area contributed by atoms with Crippen molar-refractivity contribution in [1.29, 1.82) is 0 Å². The number of ether oxygens (including phenoxy) is 1. The van der Waals surface area contributed by atoms with Crippen molar-refractivity contribution < 1.29 is 17.9 Å². The van der Waals surface area contributed by atoms with E-state index in [9.17, 15) is 13.2 Å². The van der Waals surface area contributed by atoms with E-state index in [1.54, 1.807) is 24.3 Å². The van der Waals surface area contributed by atoms with Gasteiger partial charge >= 0.3 is 0 Å². The predicted molar refractivity (Wildman–Crippen MR) is 125 cm³/mol. The van der Waals surface area contributed by atoms with Crippen LogP contribution in [0.4, 0.5) is 5.13 Å². The molecule has 0 fully saturated rings. The Kier molecular flexibility index (Phi) is 7.71. The SMILES string of the molecule is CCOc1ccc(SCC(=O)Nc2nc(-c3ccc(S(=O)(=O)N(C)C)cc3)cs2)cc1. The second kappa shape index (κ2) is 10.3. The number of benzene rings is 2. The van der Waals surface area contributed by atoms with Crippen molar-refractivity contribution in [3.63, 3.8) is 0 Å². The number of nitrogens with zero attached hydrogens (tertiary/aromatic N) is 2. The van der Waals surface area contributed by atoms with Crippen LogP contribution >= 0.6 is 23.1 Å². The van der Waals surface area contributed by atoms with Gasteiger partial charge in [0.1, 0.15) is 5.75 Å². The average molecular weight is 478 g/mol. The summed E-state index contributed by atoms with van der Waals surface area (Å²) in [5, 5.41) is 5.13. The number of aromatic nitrogens is 1. The van der Waals surface area contributed by atoms with Gasteiger partial charge in [-0.1, -0.05) is 12.1 Å². The number of nitrogens with one attached hydrogen (secondary N) is 1. The molecule has 0 aliphatic heterocycles. The molecule has 0 radical (unpaired) electrons. The topological polar surface area (TPSA) is 88.6 Å². The minimum absolute atomic E-state index is 0.146. The molecular formula is C21H23N3O4S3. The molecule has 0 spiro atoms. The van der Waals surface area contributed by atoms with Gasteiger partial charge in [-0.05, 0) is 43.3 Å². The van der Waals surface area contributed by atoms with Gasteiger partial charge in [-0.15, -0.1) is 23.1 Å². The molecule has 0 unspecified atom stereocenters. The standard InChI is InChI=1S/C21H23N3O4S3/c1-4-28-16-7-9-17(10-8-16)29-14-20(25)23-21-22-19(13-30-21)15-5-11-18(12-6-15)31(26,27)24(2)3/h5-13H,4,14H2,1-3H3,(H,22,23,25). The zero-order valence-electron chi connectivity index (χ0n) is 17.4. The van der Waals surface area contributed by atoms with Crippen LogP contribution in [0.25, 0.3) is 11.3 Å². The van der Waals surface area contributed by atoms with E-state index < -0.39 is 10.0 Å². The minimum atomic E-state index is -3.47. The fourth-order valence-electron chi connectivity index (χ4n) is 2.58. The summed E-state index contributed by atoms with van der Waals surface area (Å²) in [6.07, 6.45) is 0. The Hall–Kier alpha value is -2.40. The molecule has 31 heavy (non-hydrogen) atoms. The summed E-state index contributed by atoms with van der Waals surface area (Å²) in [6, 6.07) is 14.1. The highest BCUT2D eigenvalue weighted by Crippen LogP contribution is 2.27. The van der Waals surface area contributed by atoms with Crippen LogP contribution in [0.1, 0.15) is 6.92 Å². The van der Waals surface area contributed by atoms with E-state index in [4.69, 9.17) is 4.74 Å². The quantitative estimate of drug-likeness (QED) is 0.465. The van der Waals surface area contributed by atoms with Crippen LogP contribution in [0.3, 0.4) is 0 Å². The molecule has 2 aromatic carbocycles. The Morgan fingerprint density at radius 3 is 2.42 bits per heavy atom. The second-order valence-corrected chi connectivity index (χ2v) is 10.6. The lowest BCUT2D eigenvalue weighted by molar-refractivity contribution is -0.113. The molecule has 7 nitrogen and oxygen atoms in total. The van der Waals surface area contributed by atoms with Gasteiger partial charge in [-0.2, -0.15) is 0 Å². The molecule has 3 rings (SSSR count). The van der Waals surface area contributed by atoms with Gasteiger partial charge in [0.2, 0.25) is 15.9 Å². The molecule has 0 saturated heterocycles. The second-order valence-electron chi connectivity index (χ2n) is 6.59. The normalized spacial score (nSPS) is 11.5. The Bertz CT molecular complexity index is 1130. The summed E-state index contributed by atoms with van der Waals surface area (Å²) in [4.78, 5) is 17.9. The van der Waals surface area contributed by atoms with Crippen molar-refractivity contribution >= 4 is 44.2 Å². The molecule has 1 amide bonds. The van der Waals surface area contributed by atoms with Crippen LogP contribution in [0.15, 0.2) is 63.7 Å². The number of carbonyl (C=O) groups excluding carboxylic acids is 1. The molecule has 1 heterocycles. The molecule has 0 aliphatic rings. The van der Waals surface area contributed by atoms with E-state index in [2.05, 4.69) is 10.3 Å². The first kappa shape index (κ1) is 23.3. The molecule has 0 saturated carbocycles. The van der Waals surface area contributed by atoms with Gasteiger partial charge < -0.3 is 10.1 Å². The van der Waals surface area contributed by atoms with Gasteiger partial charge in [-0.25, -0.2) is 17.7 Å². The molecule has 1 aromatic heterocycles. The van der Waals surface area contributed by atoms with Crippen molar-refractivity contribution in [3.8, 4) is 17.0 Å². The Morgan fingerprint density at radius 2 is 1.81 bits per heavy atom. The Morgan fingerprint density at radius 1 is 1.13 bits per heavy atom. The molecule has 0 aliphatic carbocycles. The van der Waals surface area contributed by atoms with Gasteiger partial charge in [0, 0.05) is 29.9 Å². The van der Waals surface area contributed by atoms with Crippen LogP contribution in [-0.4, -0.2) is 50.1 Å². The van der Waals surface area contributed by atoms with E-state index in [0.29, 0.717) is 17.4 Å². The van der Waals surface area contributed by atoms with E-state index in [1.807, 2.05) is 36.6 Å². The number of hydrogen-bond acceptors (Lipinski definition) is 7. The number of amides is 1. The lowest BCUT2D eigenvalue weighted by atomic mass is 10.2. The van der Waals surface area contributed by atoms with Gasteiger partial charge in [0.15, 0.2) is 5.13 Å². The summed E-state index contributed by atoms with van der Waals surface area (Å²) in [5.41, 5.74) is 1.45. The molecular weight excluding hydrogens is 454 g/mol. The van der Waals surface area contributed by atoms with Crippen LogP contribution < -0.4 is 10.1 Å². The summed E-state index contributed by atoms with van der Waals surface area (Å²) in [5.74, 6) is 0.922. The molecule has 0 bridgehead atoms. The maximum atomic E-state index is 12.3. The lowest BCUT2D eigenvalue weighted by Gasteiger charge is -2.11. The zero-order valence-corrected chi connectivity index (χ0v) is 19.8. The summed E-state index contributed by atoms with van der Waals surface area (Å²) in [7, 11) is -0.486. The zero-order chi connectivity index (χ0) is 22.4. The van der Waals surface area contributed by atoms with Crippen LogP contribution in [0, 0.1) is 0 Å². The van der Waals surface area contributed by atoms with E-state index >= 15 is 0 Å². The van der Waals surface area contributed by atoms with Crippen molar-refractivity contribution in [2.24, 2.45) is 0 Å².